The van der Waals surface area contributed by atoms with Gasteiger partial charge in [-0.2, -0.15) is 0 Å². The van der Waals surface area contributed by atoms with E-state index in [0.29, 0.717) is 18.3 Å². The third kappa shape index (κ3) is 3.72. The SMILES string of the molecule is C=CCn1c(S[C@@H](C)c2nnc(-c3cccs3)o2)nnc1-c1ccccc1. The van der Waals surface area contributed by atoms with Crippen molar-refractivity contribution in [2.75, 3.05) is 0 Å². The van der Waals surface area contributed by atoms with Crippen LogP contribution in [-0.4, -0.2) is 25.0 Å². The Bertz CT molecular complexity index is 1020. The molecule has 1 aromatic carbocycles. The first-order valence-corrected chi connectivity index (χ1v) is 10.2. The Morgan fingerprint density at radius 1 is 1.15 bits per heavy atom. The first-order chi connectivity index (χ1) is 13.3. The quantitative estimate of drug-likeness (QED) is 0.320. The van der Waals surface area contributed by atoms with E-state index in [1.165, 1.54) is 11.8 Å². The van der Waals surface area contributed by atoms with Crippen LogP contribution in [0, 0.1) is 0 Å². The van der Waals surface area contributed by atoms with Gasteiger partial charge in [0, 0.05) is 12.1 Å². The fourth-order valence-corrected chi connectivity index (χ4v) is 4.11. The van der Waals surface area contributed by atoms with Crippen LogP contribution < -0.4 is 0 Å². The number of benzene rings is 1. The van der Waals surface area contributed by atoms with Gasteiger partial charge in [-0.25, -0.2) is 0 Å². The van der Waals surface area contributed by atoms with Gasteiger partial charge in [-0.3, -0.25) is 4.57 Å². The minimum atomic E-state index is -0.0531. The molecule has 0 aliphatic carbocycles. The Kier molecular flexibility index (Phi) is 5.17. The van der Waals surface area contributed by atoms with Gasteiger partial charge in [0.15, 0.2) is 11.0 Å². The zero-order valence-corrected chi connectivity index (χ0v) is 16.3. The lowest BCUT2D eigenvalue weighted by Gasteiger charge is -2.09. The third-order valence-electron chi connectivity index (χ3n) is 3.86. The summed E-state index contributed by atoms with van der Waals surface area (Å²) in [4.78, 5) is 0.965. The number of hydrogen-bond acceptors (Lipinski definition) is 7. The van der Waals surface area contributed by atoms with Crippen LogP contribution in [0.4, 0.5) is 0 Å². The van der Waals surface area contributed by atoms with Crippen molar-refractivity contribution >= 4 is 23.1 Å². The molecule has 6 nitrogen and oxygen atoms in total. The average Bonchev–Trinajstić information content (AvgIpc) is 3.44. The molecule has 0 N–H and O–H groups in total. The highest BCUT2D eigenvalue weighted by Gasteiger charge is 2.21. The molecule has 0 bridgehead atoms. The molecule has 27 heavy (non-hydrogen) atoms. The van der Waals surface area contributed by atoms with E-state index in [1.807, 2.05) is 65.4 Å². The van der Waals surface area contributed by atoms with Gasteiger partial charge >= 0.3 is 0 Å². The predicted octanol–water partition coefficient (Wildman–Crippen LogP) is 5.10. The van der Waals surface area contributed by atoms with Crippen LogP contribution in [0.2, 0.25) is 0 Å². The van der Waals surface area contributed by atoms with Crippen molar-refractivity contribution in [3.05, 3.63) is 66.4 Å². The molecular weight excluding hydrogens is 378 g/mol. The monoisotopic (exact) mass is 395 g/mol. The second-order valence-electron chi connectivity index (χ2n) is 5.75. The summed E-state index contributed by atoms with van der Waals surface area (Å²) in [6, 6.07) is 13.9. The van der Waals surface area contributed by atoms with Crippen molar-refractivity contribution in [1.29, 1.82) is 0 Å². The molecule has 0 radical (unpaired) electrons. The largest absolute Gasteiger partial charge is 0.419 e. The number of thiophene rings is 1. The van der Waals surface area contributed by atoms with Crippen molar-refractivity contribution in [1.82, 2.24) is 25.0 Å². The fourth-order valence-electron chi connectivity index (χ4n) is 2.58. The van der Waals surface area contributed by atoms with Crippen LogP contribution in [-0.2, 0) is 6.54 Å². The van der Waals surface area contributed by atoms with E-state index in [2.05, 4.69) is 27.0 Å². The summed E-state index contributed by atoms with van der Waals surface area (Å²) >= 11 is 3.11. The van der Waals surface area contributed by atoms with Gasteiger partial charge in [-0.1, -0.05) is 54.2 Å². The molecule has 8 heteroatoms. The topological polar surface area (TPSA) is 69.6 Å². The molecule has 3 heterocycles. The highest BCUT2D eigenvalue weighted by molar-refractivity contribution is 7.99. The summed E-state index contributed by atoms with van der Waals surface area (Å²) in [6.07, 6.45) is 1.84. The zero-order valence-electron chi connectivity index (χ0n) is 14.6. The highest BCUT2D eigenvalue weighted by Crippen LogP contribution is 2.36. The summed E-state index contributed by atoms with van der Waals surface area (Å²) < 4.78 is 7.88. The molecular formula is C19H17N5OS2. The van der Waals surface area contributed by atoms with E-state index in [9.17, 15) is 0 Å². The van der Waals surface area contributed by atoms with Gasteiger partial charge in [0.1, 0.15) is 0 Å². The molecule has 0 aliphatic rings. The molecule has 0 unspecified atom stereocenters. The Hall–Kier alpha value is -2.71. The van der Waals surface area contributed by atoms with E-state index in [1.54, 1.807) is 11.3 Å². The fraction of sp³-hybridized carbons (Fsp3) is 0.158. The molecule has 0 saturated heterocycles. The van der Waals surface area contributed by atoms with Gasteiger partial charge < -0.3 is 4.42 Å². The summed E-state index contributed by atoms with van der Waals surface area (Å²) in [5, 5.41) is 19.8. The highest BCUT2D eigenvalue weighted by atomic mass is 32.2. The second-order valence-corrected chi connectivity index (χ2v) is 8.01. The summed E-state index contributed by atoms with van der Waals surface area (Å²) in [7, 11) is 0. The number of aromatic nitrogens is 5. The standard InChI is InChI=1S/C19H17N5OS2/c1-3-11-24-16(14-8-5-4-6-9-14)20-23-19(24)27-13(2)17-21-22-18(25-17)15-10-7-12-26-15/h3-10,12-13H,1,11H2,2H3/t13-/m0/s1. The third-order valence-corrected chi connectivity index (χ3v) is 5.79. The van der Waals surface area contributed by atoms with Crippen LogP contribution >= 0.6 is 23.1 Å². The minimum Gasteiger partial charge on any atom is -0.419 e. The van der Waals surface area contributed by atoms with Gasteiger partial charge in [-0.05, 0) is 18.4 Å². The minimum absolute atomic E-state index is 0.0531. The van der Waals surface area contributed by atoms with Crippen molar-refractivity contribution in [2.45, 2.75) is 23.9 Å². The lowest BCUT2D eigenvalue weighted by atomic mass is 10.2. The number of hydrogen-bond donors (Lipinski definition) is 0. The first-order valence-electron chi connectivity index (χ1n) is 8.39. The second kappa shape index (κ2) is 7.89. The number of rotatable bonds is 7. The van der Waals surface area contributed by atoms with Gasteiger partial charge in [0.25, 0.3) is 5.89 Å². The average molecular weight is 396 g/mol. The lowest BCUT2D eigenvalue weighted by Crippen LogP contribution is -2.01. The summed E-state index contributed by atoms with van der Waals surface area (Å²) in [5.41, 5.74) is 1.02. The number of nitrogens with zero attached hydrogens (tertiary/aromatic N) is 5. The summed E-state index contributed by atoms with van der Waals surface area (Å²) in [5.74, 6) is 1.93. The first kappa shape index (κ1) is 17.7. The zero-order chi connectivity index (χ0) is 18.6. The van der Waals surface area contributed by atoms with E-state index in [0.717, 1.165) is 21.4 Å². The maximum Gasteiger partial charge on any atom is 0.257 e. The Morgan fingerprint density at radius 2 is 2.00 bits per heavy atom. The molecule has 136 valence electrons. The van der Waals surface area contributed by atoms with E-state index in [-0.39, 0.29) is 5.25 Å². The number of thioether (sulfide) groups is 1. The van der Waals surface area contributed by atoms with Crippen molar-refractivity contribution in [3.8, 4) is 22.2 Å². The van der Waals surface area contributed by atoms with Crippen LogP contribution in [0.3, 0.4) is 0 Å². The maximum atomic E-state index is 5.84. The molecule has 0 amide bonds. The Labute approximate surface area is 165 Å². The van der Waals surface area contributed by atoms with Gasteiger partial charge in [0.2, 0.25) is 5.89 Å². The van der Waals surface area contributed by atoms with E-state index in [4.69, 9.17) is 4.42 Å². The van der Waals surface area contributed by atoms with Gasteiger partial charge in [-0.15, -0.1) is 38.3 Å². The molecule has 0 spiro atoms. The molecule has 1 atom stereocenters. The normalized spacial score (nSPS) is 12.2. The van der Waals surface area contributed by atoms with Crippen molar-refractivity contribution in [2.24, 2.45) is 0 Å². The van der Waals surface area contributed by atoms with Crippen LogP contribution in [0.25, 0.3) is 22.2 Å². The smallest absolute Gasteiger partial charge is 0.257 e. The van der Waals surface area contributed by atoms with E-state index >= 15 is 0 Å². The van der Waals surface area contributed by atoms with Crippen molar-refractivity contribution in [3.63, 3.8) is 0 Å². The van der Waals surface area contributed by atoms with Crippen LogP contribution in [0.5, 0.6) is 0 Å². The molecule has 0 fully saturated rings. The lowest BCUT2D eigenvalue weighted by molar-refractivity contribution is 0.509. The maximum absolute atomic E-state index is 5.84. The molecule has 4 rings (SSSR count). The van der Waals surface area contributed by atoms with Gasteiger partial charge in [0.05, 0.1) is 10.1 Å². The molecule has 4 aromatic rings. The van der Waals surface area contributed by atoms with E-state index < -0.39 is 0 Å². The predicted molar refractivity (Wildman–Crippen MR) is 108 cm³/mol. The van der Waals surface area contributed by atoms with Crippen LogP contribution in [0.1, 0.15) is 18.1 Å². The number of allylic oxidation sites excluding steroid dienone is 1. The molecule has 3 aromatic heterocycles. The summed E-state index contributed by atoms with van der Waals surface area (Å²) in [6.45, 7) is 6.50. The molecule has 0 aliphatic heterocycles. The Morgan fingerprint density at radius 3 is 2.74 bits per heavy atom. The van der Waals surface area contributed by atoms with Crippen molar-refractivity contribution < 1.29 is 4.42 Å². The Balaban J connectivity index is 1.59. The van der Waals surface area contributed by atoms with Crippen LogP contribution in [0.15, 0.2) is 70.1 Å². The molecule has 0 saturated carbocycles.